The quantitative estimate of drug-likeness (QED) is 0.865. The molecule has 2 aliphatic rings. The fourth-order valence-corrected chi connectivity index (χ4v) is 4.48. The van der Waals surface area contributed by atoms with E-state index in [0.717, 1.165) is 19.3 Å². The summed E-state index contributed by atoms with van der Waals surface area (Å²) < 4.78 is 1.53. The number of hydrogen-bond donors (Lipinski definition) is 1. The zero-order valence-corrected chi connectivity index (χ0v) is 15.3. The van der Waals surface area contributed by atoms with Crippen LogP contribution in [0.3, 0.4) is 0 Å². The number of rotatable bonds is 3. The lowest BCUT2D eigenvalue weighted by molar-refractivity contribution is -0.142. The van der Waals surface area contributed by atoms with E-state index >= 15 is 0 Å². The molecule has 1 aliphatic carbocycles. The maximum atomic E-state index is 12.9. The lowest BCUT2D eigenvalue weighted by Crippen LogP contribution is -2.43. The fraction of sp³-hybridized carbons (Fsp3) is 0.389. The molecule has 1 aromatic carbocycles. The number of carboxylic acids is 1. The smallest absolute Gasteiger partial charge is 0.326 e. The first-order valence-corrected chi connectivity index (χ1v) is 9.26. The molecule has 1 aromatic heterocycles. The minimum Gasteiger partial charge on any atom is -0.480 e. The van der Waals surface area contributed by atoms with Crippen LogP contribution in [0.2, 0.25) is 10.0 Å². The Morgan fingerprint density at radius 2 is 1.96 bits per heavy atom. The van der Waals surface area contributed by atoms with Crippen LogP contribution in [0, 0.1) is 11.8 Å². The molecule has 4 rings (SSSR count). The van der Waals surface area contributed by atoms with Crippen LogP contribution in [0.15, 0.2) is 30.5 Å². The van der Waals surface area contributed by atoms with Crippen LogP contribution in [-0.4, -0.2) is 44.3 Å². The number of aromatic nitrogens is 2. The summed E-state index contributed by atoms with van der Waals surface area (Å²) >= 11 is 12.0. The molecule has 1 N–H and O–H groups in total. The van der Waals surface area contributed by atoms with Crippen molar-refractivity contribution in [3.63, 3.8) is 0 Å². The molecule has 0 radical (unpaired) electrons. The van der Waals surface area contributed by atoms with E-state index in [9.17, 15) is 14.7 Å². The number of benzene rings is 1. The first-order chi connectivity index (χ1) is 12.5. The number of amides is 1. The van der Waals surface area contributed by atoms with Gasteiger partial charge in [-0.05, 0) is 48.9 Å². The Hall–Kier alpha value is -2.05. The van der Waals surface area contributed by atoms with Crippen LogP contribution in [0.25, 0.3) is 5.69 Å². The largest absolute Gasteiger partial charge is 0.480 e. The molecule has 26 heavy (non-hydrogen) atoms. The van der Waals surface area contributed by atoms with Crippen molar-refractivity contribution >= 4 is 35.1 Å². The van der Waals surface area contributed by atoms with Crippen molar-refractivity contribution in [2.45, 2.75) is 25.3 Å². The first-order valence-electron chi connectivity index (χ1n) is 8.50. The third-order valence-corrected chi connectivity index (χ3v) is 6.12. The average molecular weight is 394 g/mol. The second-order valence-electron chi connectivity index (χ2n) is 6.84. The van der Waals surface area contributed by atoms with Gasteiger partial charge in [0, 0.05) is 12.7 Å². The highest BCUT2D eigenvalue weighted by Gasteiger charge is 2.49. The molecule has 2 aromatic rings. The third-order valence-electron chi connectivity index (χ3n) is 5.38. The zero-order valence-electron chi connectivity index (χ0n) is 13.8. The Morgan fingerprint density at radius 1 is 1.15 bits per heavy atom. The highest BCUT2D eigenvalue weighted by molar-refractivity contribution is 6.42. The van der Waals surface area contributed by atoms with Crippen molar-refractivity contribution in [3.05, 3.63) is 46.2 Å². The van der Waals surface area contributed by atoms with Crippen molar-refractivity contribution in [1.29, 1.82) is 0 Å². The van der Waals surface area contributed by atoms with E-state index in [1.165, 1.54) is 9.58 Å². The van der Waals surface area contributed by atoms with Crippen molar-refractivity contribution in [1.82, 2.24) is 14.7 Å². The molecule has 0 bridgehead atoms. The van der Waals surface area contributed by atoms with Gasteiger partial charge in [0.05, 0.1) is 15.7 Å². The summed E-state index contributed by atoms with van der Waals surface area (Å²) in [4.78, 5) is 26.1. The van der Waals surface area contributed by atoms with Crippen molar-refractivity contribution in [2.75, 3.05) is 6.54 Å². The van der Waals surface area contributed by atoms with Gasteiger partial charge in [0.25, 0.3) is 5.91 Å². The average Bonchev–Trinajstić information content (AvgIpc) is 3.31. The van der Waals surface area contributed by atoms with Gasteiger partial charge in [0.2, 0.25) is 0 Å². The topological polar surface area (TPSA) is 75.4 Å². The van der Waals surface area contributed by atoms with Crippen molar-refractivity contribution < 1.29 is 14.7 Å². The highest BCUT2D eigenvalue weighted by atomic mass is 35.5. The molecule has 2 fully saturated rings. The highest BCUT2D eigenvalue weighted by Crippen LogP contribution is 2.42. The van der Waals surface area contributed by atoms with Crippen molar-refractivity contribution in [3.8, 4) is 5.69 Å². The van der Waals surface area contributed by atoms with Gasteiger partial charge < -0.3 is 10.0 Å². The molecule has 3 unspecified atom stereocenters. The van der Waals surface area contributed by atoms with Crippen LogP contribution < -0.4 is 0 Å². The van der Waals surface area contributed by atoms with E-state index in [2.05, 4.69) is 5.10 Å². The summed E-state index contributed by atoms with van der Waals surface area (Å²) in [5, 5.41) is 14.8. The lowest BCUT2D eigenvalue weighted by atomic mass is 9.94. The summed E-state index contributed by atoms with van der Waals surface area (Å²) in [6.07, 6.45) is 4.53. The van der Waals surface area contributed by atoms with Gasteiger partial charge in [-0.25, -0.2) is 9.48 Å². The van der Waals surface area contributed by atoms with E-state index in [4.69, 9.17) is 23.2 Å². The zero-order chi connectivity index (χ0) is 18.4. The summed E-state index contributed by atoms with van der Waals surface area (Å²) in [5.41, 5.74) is 0.897. The number of hydrogen-bond acceptors (Lipinski definition) is 3. The lowest BCUT2D eigenvalue weighted by Gasteiger charge is -2.23. The number of carbonyl (C=O) groups is 2. The van der Waals surface area contributed by atoms with Crippen molar-refractivity contribution in [2.24, 2.45) is 11.8 Å². The number of carboxylic acid groups (broad SMARTS) is 1. The molecule has 3 atom stereocenters. The van der Waals surface area contributed by atoms with Gasteiger partial charge >= 0.3 is 5.97 Å². The number of aliphatic carboxylic acids is 1. The standard InChI is InChI=1S/C18H17Cl2N3O3/c19-13-5-4-11(8-14(13)20)23-7-6-15(21-23)17(24)22-9-10-2-1-3-12(10)16(22)18(25)26/h4-8,10,12,16H,1-3,9H2,(H,25,26). The molecule has 8 heteroatoms. The number of likely N-dealkylation sites (tertiary alicyclic amines) is 1. The monoisotopic (exact) mass is 393 g/mol. The molecular formula is C18H17Cl2N3O3. The van der Waals surface area contributed by atoms with E-state index in [0.29, 0.717) is 22.3 Å². The van der Waals surface area contributed by atoms with Crippen LogP contribution in [0.5, 0.6) is 0 Å². The number of carbonyl (C=O) groups excluding carboxylic acids is 1. The van der Waals surface area contributed by atoms with Crippen LogP contribution >= 0.6 is 23.2 Å². The molecule has 1 saturated heterocycles. The normalized spacial score (nSPS) is 24.7. The second kappa shape index (κ2) is 6.59. The summed E-state index contributed by atoms with van der Waals surface area (Å²) in [6, 6.07) is 5.90. The fourth-order valence-electron chi connectivity index (χ4n) is 4.19. The van der Waals surface area contributed by atoms with E-state index in [1.54, 1.807) is 30.5 Å². The molecule has 1 amide bonds. The predicted octanol–water partition coefficient (Wildman–Crippen LogP) is 3.50. The Kier molecular flexibility index (Phi) is 4.40. The first kappa shape index (κ1) is 17.4. The van der Waals surface area contributed by atoms with Gasteiger partial charge in [0.1, 0.15) is 6.04 Å². The number of halogens is 2. The molecule has 1 aliphatic heterocycles. The van der Waals surface area contributed by atoms with Crippen LogP contribution in [0.1, 0.15) is 29.8 Å². The van der Waals surface area contributed by atoms with Crippen LogP contribution in [-0.2, 0) is 4.79 Å². The molecule has 1 saturated carbocycles. The van der Waals surface area contributed by atoms with E-state index < -0.39 is 12.0 Å². The molecular weight excluding hydrogens is 377 g/mol. The summed E-state index contributed by atoms with van der Waals surface area (Å²) in [5.74, 6) is -0.951. The maximum absolute atomic E-state index is 12.9. The Labute approximate surface area is 160 Å². The van der Waals surface area contributed by atoms with Crippen LogP contribution in [0.4, 0.5) is 0 Å². The molecule has 2 heterocycles. The third kappa shape index (κ3) is 2.87. The summed E-state index contributed by atoms with van der Waals surface area (Å²) in [6.45, 7) is 0.486. The molecule has 6 nitrogen and oxygen atoms in total. The predicted molar refractivity (Wildman–Crippen MR) is 96.9 cm³/mol. The minimum absolute atomic E-state index is 0.0496. The van der Waals surface area contributed by atoms with Gasteiger partial charge in [-0.2, -0.15) is 5.10 Å². The van der Waals surface area contributed by atoms with Gasteiger partial charge in [-0.15, -0.1) is 0 Å². The van der Waals surface area contributed by atoms with Gasteiger partial charge in [-0.3, -0.25) is 4.79 Å². The SMILES string of the molecule is O=C(O)C1C2CCCC2CN1C(=O)c1ccn(-c2ccc(Cl)c(Cl)c2)n1. The Balaban J connectivity index is 1.60. The second-order valence-corrected chi connectivity index (χ2v) is 7.65. The summed E-state index contributed by atoms with van der Waals surface area (Å²) in [7, 11) is 0. The van der Waals surface area contributed by atoms with E-state index in [-0.39, 0.29) is 23.4 Å². The Morgan fingerprint density at radius 3 is 2.69 bits per heavy atom. The molecule has 136 valence electrons. The number of nitrogens with zero attached hydrogens (tertiary/aromatic N) is 3. The van der Waals surface area contributed by atoms with E-state index in [1.807, 2.05) is 0 Å². The van der Waals surface area contributed by atoms with Gasteiger partial charge in [-0.1, -0.05) is 29.6 Å². The Bertz CT molecular complexity index is 882. The maximum Gasteiger partial charge on any atom is 0.326 e. The minimum atomic E-state index is -0.934. The molecule has 0 spiro atoms. The number of fused-ring (bicyclic) bond motifs is 1. The van der Waals surface area contributed by atoms with Gasteiger partial charge in [0.15, 0.2) is 5.69 Å².